The van der Waals surface area contributed by atoms with Gasteiger partial charge in [0.1, 0.15) is 0 Å². The highest BCUT2D eigenvalue weighted by Gasteiger charge is 2.30. The third kappa shape index (κ3) is 9.53. The summed E-state index contributed by atoms with van der Waals surface area (Å²) < 4.78 is 0. The highest BCUT2D eigenvalue weighted by molar-refractivity contribution is 4.67. The molecule has 1 unspecified atom stereocenters. The minimum atomic E-state index is -2.54. The van der Waals surface area contributed by atoms with Crippen LogP contribution in [0.4, 0.5) is 0 Å². The summed E-state index contributed by atoms with van der Waals surface area (Å²) in [5.41, 5.74) is 5.38. The molecule has 4 nitrogen and oxygen atoms in total. The highest BCUT2D eigenvalue weighted by atomic mass is 16.7. The second kappa shape index (κ2) is 9.83. The molecule has 0 bridgehead atoms. The number of hydrogen-bond acceptors (Lipinski definition) is 4. The monoisotopic (exact) mass is 247 g/mol. The lowest BCUT2D eigenvalue weighted by atomic mass is 9.93. The van der Waals surface area contributed by atoms with Crippen molar-refractivity contribution in [1.82, 2.24) is 0 Å². The summed E-state index contributed by atoms with van der Waals surface area (Å²) in [6, 6.07) is 0. The second-order valence-electron chi connectivity index (χ2n) is 4.87. The van der Waals surface area contributed by atoms with E-state index in [2.05, 4.69) is 6.92 Å². The third-order valence-corrected chi connectivity index (χ3v) is 3.21. The Morgan fingerprint density at radius 1 is 0.882 bits per heavy atom. The summed E-state index contributed by atoms with van der Waals surface area (Å²) in [6.07, 6.45) is 8.87. The van der Waals surface area contributed by atoms with E-state index in [4.69, 9.17) is 5.73 Å². The van der Waals surface area contributed by atoms with Crippen molar-refractivity contribution >= 4 is 0 Å². The van der Waals surface area contributed by atoms with Crippen LogP contribution in [0.1, 0.15) is 64.7 Å². The van der Waals surface area contributed by atoms with Crippen molar-refractivity contribution in [3.05, 3.63) is 0 Å². The summed E-state index contributed by atoms with van der Waals surface area (Å²) in [5, 5.41) is 27.6. The number of nitrogens with two attached hydrogens (primary N) is 1. The fourth-order valence-electron chi connectivity index (χ4n) is 2.07. The molecular weight excluding hydrogens is 218 g/mol. The Labute approximate surface area is 105 Å². The molecule has 17 heavy (non-hydrogen) atoms. The smallest absolute Gasteiger partial charge is 0.278 e. The van der Waals surface area contributed by atoms with E-state index < -0.39 is 11.9 Å². The first-order chi connectivity index (χ1) is 8.02. The van der Waals surface area contributed by atoms with Crippen molar-refractivity contribution in [2.45, 2.75) is 70.7 Å². The molecule has 0 rings (SSSR count). The predicted molar refractivity (Wildman–Crippen MR) is 69.2 cm³/mol. The maximum atomic E-state index is 9.22. The van der Waals surface area contributed by atoms with Gasteiger partial charge in [-0.15, -0.1) is 0 Å². The Hall–Kier alpha value is -0.160. The van der Waals surface area contributed by atoms with E-state index in [-0.39, 0.29) is 0 Å². The van der Waals surface area contributed by atoms with E-state index in [0.717, 1.165) is 12.8 Å². The lowest BCUT2D eigenvalue weighted by molar-refractivity contribution is -0.344. The van der Waals surface area contributed by atoms with Gasteiger partial charge in [-0.05, 0) is 25.8 Å². The van der Waals surface area contributed by atoms with E-state index in [1.165, 1.54) is 25.7 Å². The summed E-state index contributed by atoms with van der Waals surface area (Å²) >= 11 is 0. The fourth-order valence-corrected chi connectivity index (χ4v) is 2.07. The van der Waals surface area contributed by atoms with Gasteiger partial charge in [0, 0.05) is 5.92 Å². The molecule has 0 aliphatic rings. The van der Waals surface area contributed by atoms with E-state index in [1.54, 1.807) is 0 Å². The van der Waals surface area contributed by atoms with E-state index >= 15 is 0 Å². The van der Waals surface area contributed by atoms with Crippen LogP contribution in [-0.4, -0.2) is 27.8 Å². The Morgan fingerprint density at radius 2 is 1.41 bits per heavy atom. The van der Waals surface area contributed by atoms with E-state index in [9.17, 15) is 15.3 Å². The van der Waals surface area contributed by atoms with Gasteiger partial charge < -0.3 is 21.1 Å². The molecule has 0 aromatic heterocycles. The normalized spacial score (nSPS) is 13.9. The Morgan fingerprint density at radius 3 is 1.94 bits per heavy atom. The van der Waals surface area contributed by atoms with Crippen molar-refractivity contribution in [2.24, 2.45) is 11.7 Å². The summed E-state index contributed by atoms with van der Waals surface area (Å²) in [6.45, 7) is 2.70. The molecule has 0 amide bonds. The standard InChI is InChI=1S/C13H29NO3/c1-2-3-4-5-6-7-9-12(10-8-11-14)13(15,16)17/h12,15-17H,2-11,14H2,1H3. The van der Waals surface area contributed by atoms with Gasteiger partial charge in [-0.3, -0.25) is 0 Å². The molecule has 0 aliphatic carbocycles. The molecule has 4 heteroatoms. The summed E-state index contributed by atoms with van der Waals surface area (Å²) in [7, 11) is 0. The van der Waals surface area contributed by atoms with Gasteiger partial charge in [0.25, 0.3) is 5.97 Å². The van der Waals surface area contributed by atoms with Crippen LogP contribution in [0.3, 0.4) is 0 Å². The van der Waals surface area contributed by atoms with Crippen LogP contribution >= 0.6 is 0 Å². The van der Waals surface area contributed by atoms with Gasteiger partial charge in [0.15, 0.2) is 0 Å². The van der Waals surface area contributed by atoms with Crippen LogP contribution in [0.2, 0.25) is 0 Å². The fraction of sp³-hybridized carbons (Fsp3) is 1.00. The first-order valence-corrected chi connectivity index (χ1v) is 6.89. The Bertz CT molecular complexity index is 169. The molecule has 0 saturated heterocycles. The molecule has 0 saturated carbocycles. The average molecular weight is 247 g/mol. The van der Waals surface area contributed by atoms with Crippen LogP contribution in [0.25, 0.3) is 0 Å². The quantitative estimate of drug-likeness (QED) is 0.331. The maximum Gasteiger partial charge on any atom is 0.278 e. The molecule has 104 valence electrons. The topological polar surface area (TPSA) is 86.7 Å². The van der Waals surface area contributed by atoms with Crippen LogP contribution < -0.4 is 5.73 Å². The van der Waals surface area contributed by atoms with Gasteiger partial charge in [0.2, 0.25) is 0 Å². The average Bonchev–Trinajstić information content (AvgIpc) is 2.25. The summed E-state index contributed by atoms with van der Waals surface area (Å²) in [4.78, 5) is 0. The van der Waals surface area contributed by atoms with Gasteiger partial charge >= 0.3 is 0 Å². The number of unbranched alkanes of at least 4 members (excludes halogenated alkanes) is 5. The molecular formula is C13H29NO3. The zero-order valence-corrected chi connectivity index (χ0v) is 11.1. The Kier molecular flexibility index (Phi) is 9.74. The highest BCUT2D eigenvalue weighted by Crippen LogP contribution is 2.24. The molecule has 0 heterocycles. The van der Waals surface area contributed by atoms with Crippen molar-refractivity contribution in [1.29, 1.82) is 0 Å². The minimum Gasteiger partial charge on any atom is -0.343 e. The first-order valence-electron chi connectivity index (χ1n) is 6.89. The van der Waals surface area contributed by atoms with Gasteiger partial charge in [-0.1, -0.05) is 45.4 Å². The Balaban J connectivity index is 3.69. The molecule has 0 aromatic rings. The summed E-state index contributed by atoms with van der Waals surface area (Å²) in [5.74, 6) is -3.02. The molecule has 0 fully saturated rings. The molecule has 5 N–H and O–H groups in total. The second-order valence-corrected chi connectivity index (χ2v) is 4.87. The predicted octanol–water partition coefficient (Wildman–Crippen LogP) is 1.72. The SMILES string of the molecule is CCCCCCCCC(CCCN)C(O)(O)O. The van der Waals surface area contributed by atoms with Crippen LogP contribution in [0.5, 0.6) is 0 Å². The zero-order chi connectivity index (χ0) is 13.1. The van der Waals surface area contributed by atoms with Gasteiger partial charge in [0.05, 0.1) is 0 Å². The molecule has 0 spiro atoms. The van der Waals surface area contributed by atoms with Crippen LogP contribution in [0, 0.1) is 5.92 Å². The molecule has 1 atom stereocenters. The molecule has 0 aliphatic heterocycles. The number of aliphatic hydroxyl groups is 3. The minimum absolute atomic E-state index is 0.475. The van der Waals surface area contributed by atoms with Crippen molar-refractivity contribution < 1.29 is 15.3 Å². The largest absolute Gasteiger partial charge is 0.343 e. The van der Waals surface area contributed by atoms with Crippen molar-refractivity contribution in [2.75, 3.05) is 6.54 Å². The first kappa shape index (κ1) is 16.8. The number of rotatable bonds is 11. The third-order valence-electron chi connectivity index (χ3n) is 3.21. The van der Waals surface area contributed by atoms with E-state index in [0.29, 0.717) is 25.8 Å². The molecule has 0 aromatic carbocycles. The van der Waals surface area contributed by atoms with E-state index in [1.807, 2.05) is 0 Å². The van der Waals surface area contributed by atoms with Gasteiger partial charge in [-0.25, -0.2) is 0 Å². The maximum absolute atomic E-state index is 9.22. The van der Waals surface area contributed by atoms with Crippen LogP contribution in [-0.2, 0) is 0 Å². The van der Waals surface area contributed by atoms with Crippen molar-refractivity contribution in [3.63, 3.8) is 0 Å². The van der Waals surface area contributed by atoms with Crippen LogP contribution in [0.15, 0.2) is 0 Å². The van der Waals surface area contributed by atoms with Crippen molar-refractivity contribution in [3.8, 4) is 0 Å². The molecule has 0 radical (unpaired) electrons. The zero-order valence-electron chi connectivity index (χ0n) is 11.1. The van der Waals surface area contributed by atoms with Gasteiger partial charge in [-0.2, -0.15) is 0 Å². The lowest BCUT2D eigenvalue weighted by Crippen LogP contribution is -2.37. The number of hydrogen-bond donors (Lipinski definition) is 4. The lowest BCUT2D eigenvalue weighted by Gasteiger charge is -2.25.